The largest absolute Gasteiger partial charge is 0.302 e. The summed E-state index contributed by atoms with van der Waals surface area (Å²) in [4.78, 5) is -0.462. The van der Waals surface area contributed by atoms with Gasteiger partial charge in [0.1, 0.15) is 10.7 Å². The minimum atomic E-state index is -4.23. The molecule has 10 heteroatoms. The van der Waals surface area contributed by atoms with Crippen LogP contribution < -0.4 is 10.1 Å². The van der Waals surface area contributed by atoms with Crippen molar-refractivity contribution in [2.75, 3.05) is 0 Å². The molecule has 2 unspecified atom stereocenters. The van der Waals surface area contributed by atoms with E-state index in [-0.39, 0.29) is 11.1 Å². The van der Waals surface area contributed by atoms with Gasteiger partial charge in [0.05, 0.1) is 17.8 Å². The molecule has 1 aliphatic rings. The molecule has 0 radical (unpaired) electrons. The van der Waals surface area contributed by atoms with Crippen molar-refractivity contribution in [3.8, 4) is 0 Å². The van der Waals surface area contributed by atoms with E-state index in [0.29, 0.717) is 27.7 Å². The van der Waals surface area contributed by atoms with Gasteiger partial charge in [0.25, 0.3) is 0 Å². The Morgan fingerprint density at radius 2 is 1.69 bits per heavy atom. The fourth-order valence-corrected chi connectivity index (χ4v) is 5.39. The molecular formula is C22H17Cl3FN3O2S. The Kier molecular flexibility index (Phi) is 6.74. The zero-order chi connectivity index (χ0) is 22.9. The van der Waals surface area contributed by atoms with Gasteiger partial charge in [0.15, 0.2) is 0 Å². The van der Waals surface area contributed by atoms with Gasteiger partial charge in [0.2, 0.25) is 10.0 Å². The zero-order valence-electron chi connectivity index (χ0n) is 16.4. The van der Waals surface area contributed by atoms with Crippen molar-refractivity contribution >= 4 is 50.5 Å². The van der Waals surface area contributed by atoms with Crippen molar-refractivity contribution in [1.29, 1.82) is 0 Å². The van der Waals surface area contributed by atoms with Crippen LogP contribution in [0.25, 0.3) is 0 Å². The predicted octanol–water partition coefficient (Wildman–Crippen LogP) is 5.90. The summed E-state index contributed by atoms with van der Waals surface area (Å²) in [5.41, 5.74) is 4.91. The van der Waals surface area contributed by atoms with Crippen molar-refractivity contribution in [2.24, 2.45) is 5.10 Å². The molecule has 0 aliphatic carbocycles. The summed E-state index contributed by atoms with van der Waals surface area (Å²) in [6.45, 7) is 0. The van der Waals surface area contributed by atoms with Crippen LogP contribution >= 0.6 is 34.8 Å². The molecule has 0 saturated carbocycles. The maximum atomic E-state index is 14.2. The molecule has 0 bridgehead atoms. The number of hydrogen-bond acceptors (Lipinski definition) is 4. The molecule has 0 amide bonds. The summed E-state index contributed by atoms with van der Waals surface area (Å²) in [6, 6.07) is 16.0. The van der Waals surface area contributed by atoms with E-state index in [1.165, 1.54) is 24.3 Å². The van der Waals surface area contributed by atoms with E-state index in [0.717, 1.165) is 11.6 Å². The molecule has 2 atom stereocenters. The van der Waals surface area contributed by atoms with Gasteiger partial charge < -0.3 is 5.43 Å². The van der Waals surface area contributed by atoms with Crippen LogP contribution in [0, 0.1) is 5.82 Å². The smallest absolute Gasteiger partial charge is 0.244 e. The van der Waals surface area contributed by atoms with Crippen LogP contribution in [-0.2, 0) is 10.0 Å². The lowest BCUT2D eigenvalue weighted by atomic mass is 9.96. The first-order chi connectivity index (χ1) is 15.2. The zero-order valence-corrected chi connectivity index (χ0v) is 19.5. The van der Waals surface area contributed by atoms with Crippen molar-refractivity contribution in [3.63, 3.8) is 0 Å². The highest BCUT2D eigenvalue weighted by atomic mass is 35.5. The topological polar surface area (TPSA) is 70.6 Å². The fourth-order valence-electron chi connectivity index (χ4n) is 3.46. The number of sulfonamides is 1. The highest BCUT2D eigenvalue weighted by Gasteiger charge is 2.33. The third-order valence-electron chi connectivity index (χ3n) is 5.06. The standard InChI is InChI=1S/C22H17Cl3FN3O2S/c23-14-7-5-13(6-8-14)19-12-20(28-27-19)22(16-10-9-15(24)11-17(16)25)29-32(30,31)21-4-2-1-3-18(21)26/h1-11,19,22,27,29H,12H2. The Hall–Kier alpha value is -2.16. The number of rotatable bonds is 6. The first-order valence-electron chi connectivity index (χ1n) is 9.54. The monoisotopic (exact) mass is 511 g/mol. The summed E-state index contributed by atoms with van der Waals surface area (Å²) in [7, 11) is -4.23. The van der Waals surface area contributed by atoms with E-state index >= 15 is 0 Å². The Morgan fingerprint density at radius 1 is 1.00 bits per heavy atom. The van der Waals surface area contributed by atoms with Crippen LogP contribution in [0.3, 0.4) is 0 Å². The van der Waals surface area contributed by atoms with E-state index in [2.05, 4.69) is 15.2 Å². The minimum Gasteiger partial charge on any atom is -0.302 e. The van der Waals surface area contributed by atoms with Gasteiger partial charge in [0, 0.05) is 21.5 Å². The highest BCUT2D eigenvalue weighted by molar-refractivity contribution is 7.89. The first kappa shape index (κ1) is 23.0. The number of nitrogens with zero attached hydrogens (tertiary/aromatic N) is 1. The lowest BCUT2D eigenvalue weighted by molar-refractivity contribution is 0.553. The van der Waals surface area contributed by atoms with Crippen LogP contribution in [0.5, 0.6) is 0 Å². The first-order valence-corrected chi connectivity index (χ1v) is 12.2. The van der Waals surface area contributed by atoms with Crippen LogP contribution in [0.1, 0.15) is 29.6 Å². The quantitative estimate of drug-likeness (QED) is 0.432. The number of benzene rings is 3. The molecule has 5 nitrogen and oxygen atoms in total. The van der Waals surface area contributed by atoms with Crippen molar-refractivity contribution in [2.45, 2.75) is 23.4 Å². The Morgan fingerprint density at radius 3 is 2.38 bits per heavy atom. The average Bonchev–Trinajstić information content (AvgIpc) is 3.23. The van der Waals surface area contributed by atoms with E-state index in [9.17, 15) is 12.8 Å². The summed E-state index contributed by atoms with van der Waals surface area (Å²) in [6.07, 6.45) is 0.394. The third kappa shape index (κ3) is 4.92. The van der Waals surface area contributed by atoms with Gasteiger partial charge in [-0.2, -0.15) is 9.82 Å². The van der Waals surface area contributed by atoms with Crippen molar-refractivity contribution in [1.82, 2.24) is 10.1 Å². The predicted molar refractivity (Wildman–Crippen MR) is 125 cm³/mol. The van der Waals surface area contributed by atoms with Gasteiger partial charge >= 0.3 is 0 Å². The van der Waals surface area contributed by atoms with E-state index in [1.54, 1.807) is 24.3 Å². The van der Waals surface area contributed by atoms with Crippen LogP contribution in [0.15, 0.2) is 76.7 Å². The second kappa shape index (κ2) is 9.37. The molecular weight excluding hydrogens is 496 g/mol. The number of hydrazone groups is 1. The molecule has 1 aliphatic heterocycles. The van der Waals surface area contributed by atoms with Crippen LogP contribution in [0.4, 0.5) is 4.39 Å². The van der Waals surface area contributed by atoms with Gasteiger partial charge in [-0.3, -0.25) is 0 Å². The van der Waals surface area contributed by atoms with Crippen LogP contribution in [-0.4, -0.2) is 14.1 Å². The molecule has 166 valence electrons. The average molecular weight is 513 g/mol. The maximum absolute atomic E-state index is 14.2. The molecule has 3 aromatic rings. The van der Waals surface area contributed by atoms with E-state index in [4.69, 9.17) is 34.8 Å². The Labute approximate surface area is 200 Å². The van der Waals surface area contributed by atoms with Gasteiger partial charge in [-0.05, 0) is 47.5 Å². The molecule has 2 N–H and O–H groups in total. The number of halogens is 4. The number of hydrogen-bond donors (Lipinski definition) is 2. The summed E-state index contributed by atoms with van der Waals surface area (Å²) in [5.74, 6) is -0.855. The molecule has 3 aromatic carbocycles. The van der Waals surface area contributed by atoms with Crippen molar-refractivity contribution in [3.05, 3.63) is 98.7 Å². The van der Waals surface area contributed by atoms with E-state index in [1.807, 2.05) is 12.1 Å². The second-order valence-corrected chi connectivity index (χ2v) is 10.2. The molecule has 1 heterocycles. The van der Waals surface area contributed by atoms with Gasteiger partial charge in [-0.1, -0.05) is 65.1 Å². The fraction of sp³-hybridized carbons (Fsp3) is 0.136. The third-order valence-corrected chi connectivity index (χ3v) is 7.33. The summed E-state index contributed by atoms with van der Waals surface area (Å²) < 4.78 is 42.9. The second-order valence-electron chi connectivity index (χ2n) is 7.19. The SMILES string of the molecule is O=S(=O)(NC(C1=NNC(c2ccc(Cl)cc2)C1)c1ccc(Cl)cc1Cl)c1ccccc1F. The Balaban J connectivity index is 1.69. The normalized spacial score (nSPS) is 17.0. The highest BCUT2D eigenvalue weighted by Crippen LogP contribution is 2.33. The summed E-state index contributed by atoms with van der Waals surface area (Å²) in [5, 5.41) is 5.65. The number of nitrogens with one attached hydrogen (secondary N) is 2. The maximum Gasteiger partial charge on any atom is 0.244 e. The lowest BCUT2D eigenvalue weighted by Crippen LogP contribution is -2.34. The molecule has 0 spiro atoms. The van der Waals surface area contributed by atoms with E-state index < -0.39 is 26.8 Å². The van der Waals surface area contributed by atoms with Gasteiger partial charge in [-0.25, -0.2) is 12.8 Å². The molecule has 0 aromatic heterocycles. The molecule has 32 heavy (non-hydrogen) atoms. The lowest BCUT2D eigenvalue weighted by Gasteiger charge is -2.21. The van der Waals surface area contributed by atoms with Crippen molar-refractivity contribution < 1.29 is 12.8 Å². The van der Waals surface area contributed by atoms with Crippen LogP contribution in [0.2, 0.25) is 15.1 Å². The molecule has 4 rings (SSSR count). The summed E-state index contributed by atoms with van der Waals surface area (Å²) >= 11 is 18.4. The molecule has 0 saturated heterocycles. The molecule has 0 fully saturated rings. The Bertz CT molecular complexity index is 1280. The minimum absolute atomic E-state index is 0.186. The van der Waals surface area contributed by atoms with Gasteiger partial charge in [-0.15, -0.1) is 0 Å².